The van der Waals surface area contributed by atoms with Crippen LogP contribution in [0.15, 0.2) is 0 Å². The molecule has 6 N–H and O–H groups in total. The fraction of sp³-hybridized carbons (Fsp3) is 0.800. The summed E-state index contributed by atoms with van der Waals surface area (Å²) >= 11 is 0. The lowest BCUT2D eigenvalue weighted by atomic mass is 10.3. The molecule has 1 aromatic rings. The Morgan fingerprint density at radius 1 is 0.833 bits per heavy atom. The summed E-state index contributed by atoms with van der Waals surface area (Å²) in [4.78, 5) is 12.7. The molecular weight excluding hydrogens is 306 g/mol. The van der Waals surface area contributed by atoms with Crippen molar-refractivity contribution in [2.75, 3.05) is 35.9 Å². The molecule has 0 aliphatic rings. The highest BCUT2D eigenvalue weighted by atomic mass is 15.7. The number of anilines is 3. The van der Waals surface area contributed by atoms with Gasteiger partial charge in [-0.15, -0.1) is 0 Å². The van der Waals surface area contributed by atoms with E-state index in [1.165, 1.54) is 0 Å². The number of nitrogen functional groups attached to an aromatic ring is 1. The zero-order chi connectivity index (χ0) is 17.6. The Labute approximate surface area is 145 Å². The van der Waals surface area contributed by atoms with Gasteiger partial charge in [0.1, 0.15) is 0 Å². The highest BCUT2D eigenvalue weighted by molar-refractivity contribution is 5.39. The average Bonchev–Trinajstić information content (AvgIpc) is 2.57. The minimum atomic E-state index is 0.180. The Morgan fingerprint density at radius 3 is 2.00 bits per heavy atom. The lowest BCUT2D eigenvalue weighted by Gasteiger charge is -2.24. The van der Waals surface area contributed by atoms with Crippen LogP contribution in [0.25, 0.3) is 0 Å². The Kier molecular flexibility index (Phi) is 10.7. The van der Waals surface area contributed by atoms with Crippen molar-refractivity contribution in [3.8, 4) is 0 Å². The Balaban J connectivity index is 2.72. The maximum Gasteiger partial charge on any atom is 0.262 e. The molecule has 0 aliphatic carbocycles. The van der Waals surface area contributed by atoms with Crippen molar-refractivity contribution in [2.45, 2.75) is 59.3 Å². The Bertz CT molecular complexity index is 431. The first-order chi connectivity index (χ1) is 11.7. The molecule has 1 rings (SSSR count). The van der Waals surface area contributed by atoms with E-state index >= 15 is 0 Å². The zero-order valence-corrected chi connectivity index (χ0v) is 15.2. The molecule has 0 amide bonds. The van der Waals surface area contributed by atoms with E-state index in [0.29, 0.717) is 11.9 Å². The third kappa shape index (κ3) is 8.23. The highest BCUT2D eigenvalue weighted by Gasteiger charge is 2.12. The number of aromatic nitrogens is 3. The molecule has 0 fully saturated rings. The van der Waals surface area contributed by atoms with Gasteiger partial charge in [-0.3, -0.25) is 5.43 Å². The molecule has 0 saturated heterocycles. The van der Waals surface area contributed by atoms with Crippen LogP contribution < -0.4 is 32.6 Å². The van der Waals surface area contributed by atoms with E-state index < -0.39 is 0 Å². The van der Waals surface area contributed by atoms with E-state index in [1.807, 2.05) is 0 Å². The third-order valence-corrected chi connectivity index (χ3v) is 3.30. The second kappa shape index (κ2) is 12.7. The van der Waals surface area contributed by atoms with Crippen LogP contribution in [-0.4, -0.2) is 34.6 Å². The molecule has 1 heterocycles. The number of unbranched alkanes of at least 4 members (excludes halogenated alkanes) is 3. The summed E-state index contributed by atoms with van der Waals surface area (Å²) in [6, 6.07) is 0. The SMILES string of the molecule is CCCCNNc1nc(N)nc(N(NCCCC)NCCCC)n1. The van der Waals surface area contributed by atoms with Gasteiger partial charge in [0.05, 0.1) is 0 Å². The van der Waals surface area contributed by atoms with Gasteiger partial charge in [0, 0.05) is 19.6 Å². The second-order valence-electron chi connectivity index (χ2n) is 5.58. The van der Waals surface area contributed by atoms with Gasteiger partial charge < -0.3 is 5.73 Å². The number of nitrogens with two attached hydrogens (primary N) is 1. The fourth-order valence-corrected chi connectivity index (χ4v) is 1.88. The fourth-order valence-electron chi connectivity index (χ4n) is 1.88. The van der Waals surface area contributed by atoms with E-state index in [-0.39, 0.29) is 5.95 Å². The molecule has 0 atom stereocenters. The first kappa shape index (κ1) is 20.3. The van der Waals surface area contributed by atoms with Crippen LogP contribution in [0, 0.1) is 0 Å². The molecule has 0 aromatic carbocycles. The van der Waals surface area contributed by atoms with Crippen molar-refractivity contribution < 1.29 is 0 Å². The molecule has 0 radical (unpaired) electrons. The summed E-state index contributed by atoms with van der Waals surface area (Å²) in [5.41, 5.74) is 18.5. The monoisotopic (exact) mass is 339 g/mol. The minimum Gasteiger partial charge on any atom is -0.368 e. The number of hydrogen-bond donors (Lipinski definition) is 5. The van der Waals surface area contributed by atoms with Gasteiger partial charge in [-0.05, 0) is 19.3 Å². The van der Waals surface area contributed by atoms with Gasteiger partial charge >= 0.3 is 0 Å². The summed E-state index contributed by atoms with van der Waals surface area (Å²) in [7, 11) is 0. The minimum absolute atomic E-state index is 0.180. The normalized spacial score (nSPS) is 10.8. The molecule has 9 heteroatoms. The van der Waals surface area contributed by atoms with Gasteiger partial charge in [-0.1, -0.05) is 40.0 Å². The number of nitrogens with zero attached hydrogens (tertiary/aromatic N) is 4. The Hall–Kier alpha value is -1.71. The maximum atomic E-state index is 5.83. The van der Waals surface area contributed by atoms with E-state index in [2.05, 4.69) is 57.4 Å². The predicted molar refractivity (Wildman–Crippen MR) is 99.1 cm³/mol. The van der Waals surface area contributed by atoms with Crippen molar-refractivity contribution in [3.63, 3.8) is 0 Å². The lowest BCUT2D eigenvalue weighted by molar-refractivity contribution is 0.491. The van der Waals surface area contributed by atoms with Crippen molar-refractivity contribution >= 4 is 17.8 Å². The summed E-state index contributed by atoms with van der Waals surface area (Å²) in [5.74, 6) is 1.04. The van der Waals surface area contributed by atoms with E-state index in [4.69, 9.17) is 5.73 Å². The number of hydrazine groups is 3. The van der Waals surface area contributed by atoms with Crippen molar-refractivity contribution in [2.24, 2.45) is 0 Å². The van der Waals surface area contributed by atoms with Gasteiger partial charge in [0.2, 0.25) is 11.9 Å². The van der Waals surface area contributed by atoms with Crippen molar-refractivity contribution in [1.82, 2.24) is 31.2 Å². The second-order valence-corrected chi connectivity index (χ2v) is 5.58. The summed E-state index contributed by atoms with van der Waals surface area (Å²) < 4.78 is 0. The van der Waals surface area contributed by atoms with Gasteiger partial charge in [0.25, 0.3) is 5.95 Å². The third-order valence-electron chi connectivity index (χ3n) is 3.30. The number of rotatable bonds is 14. The molecule has 0 aliphatic heterocycles. The molecule has 9 nitrogen and oxygen atoms in total. The Morgan fingerprint density at radius 2 is 1.42 bits per heavy atom. The van der Waals surface area contributed by atoms with Crippen LogP contribution in [0.1, 0.15) is 59.3 Å². The summed E-state index contributed by atoms with van der Waals surface area (Å²) in [5, 5.41) is 1.74. The van der Waals surface area contributed by atoms with Gasteiger partial charge in [-0.2, -0.15) is 15.0 Å². The van der Waals surface area contributed by atoms with Crippen LogP contribution in [-0.2, 0) is 0 Å². The average molecular weight is 339 g/mol. The van der Waals surface area contributed by atoms with Crippen molar-refractivity contribution in [3.05, 3.63) is 0 Å². The topological polar surface area (TPSA) is 116 Å². The van der Waals surface area contributed by atoms with E-state index in [1.54, 1.807) is 5.12 Å². The smallest absolute Gasteiger partial charge is 0.262 e. The molecular formula is C15H33N9. The molecule has 0 bridgehead atoms. The van der Waals surface area contributed by atoms with Crippen LogP contribution >= 0.6 is 0 Å². The molecule has 0 spiro atoms. The highest BCUT2D eigenvalue weighted by Crippen LogP contribution is 2.08. The number of hydrogen-bond acceptors (Lipinski definition) is 9. The van der Waals surface area contributed by atoms with Gasteiger partial charge in [-0.25, -0.2) is 21.4 Å². The maximum absolute atomic E-state index is 5.83. The van der Waals surface area contributed by atoms with Crippen LogP contribution in [0.5, 0.6) is 0 Å². The van der Waals surface area contributed by atoms with Crippen LogP contribution in [0.3, 0.4) is 0 Å². The van der Waals surface area contributed by atoms with Crippen molar-refractivity contribution in [1.29, 1.82) is 0 Å². The lowest BCUT2D eigenvalue weighted by Crippen LogP contribution is -2.50. The van der Waals surface area contributed by atoms with E-state index in [9.17, 15) is 0 Å². The summed E-state index contributed by atoms with van der Waals surface area (Å²) in [6.07, 6.45) is 6.55. The summed E-state index contributed by atoms with van der Waals surface area (Å²) in [6.45, 7) is 8.95. The number of nitrogens with one attached hydrogen (secondary N) is 4. The predicted octanol–water partition coefficient (Wildman–Crippen LogP) is 1.59. The quantitative estimate of drug-likeness (QED) is 0.254. The molecule has 24 heavy (non-hydrogen) atoms. The van der Waals surface area contributed by atoms with Gasteiger partial charge in [0.15, 0.2) is 0 Å². The van der Waals surface area contributed by atoms with Crippen LogP contribution in [0.4, 0.5) is 17.8 Å². The largest absolute Gasteiger partial charge is 0.368 e. The zero-order valence-electron chi connectivity index (χ0n) is 15.2. The van der Waals surface area contributed by atoms with Crippen LogP contribution in [0.2, 0.25) is 0 Å². The first-order valence-electron chi connectivity index (χ1n) is 8.98. The first-order valence-corrected chi connectivity index (χ1v) is 8.98. The molecule has 1 aromatic heterocycles. The van der Waals surface area contributed by atoms with E-state index in [0.717, 1.165) is 58.2 Å². The standard InChI is InChI=1S/C15H33N9/c1-4-7-10-17-23-14-20-13(16)21-15(22-14)24(18-11-8-5-2)19-12-9-6-3/h17-19H,4-12H2,1-3H3,(H3,16,20,21,22,23). The molecule has 0 saturated carbocycles. The molecule has 0 unspecified atom stereocenters. The molecule has 138 valence electrons.